The van der Waals surface area contributed by atoms with Gasteiger partial charge in [-0.1, -0.05) is 179 Å². The molecule has 1 aliphatic carbocycles. The van der Waals surface area contributed by atoms with Gasteiger partial charge in [0.15, 0.2) is 11.4 Å². The molecule has 9 nitrogen and oxygen atoms in total. The highest BCUT2D eigenvalue weighted by Gasteiger charge is 2.79. The van der Waals surface area contributed by atoms with E-state index >= 15 is 19.6 Å². The third-order valence-corrected chi connectivity index (χ3v) is 19.2. The van der Waals surface area contributed by atoms with E-state index in [9.17, 15) is 20.0 Å². The topological polar surface area (TPSA) is 165 Å². The average molecular weight is 1230 g/mol. The number of allylic oxidation sites excluding steroid dienone is 19. The van der Waals surface area contributed by atoms with Crippen molar-refractivity contribution in [2.24, 2.45) is 22.2 Å². The smallest absolute Gasteiger partial charge is 0.386 e. The number of aliphatic hydroxyl groups is 4. The lowest BCUT2D eigenvalue weighted by Gasteiger charge is -2.66. The van der Waals surface area contributed by atoms with Crippen LogP contribution < -0.4 is 0 Å². The van der Waals surface area contributed by atoms with E-state index in [1.54, 1.807) is 18.2 Å². The van der Waals surface area contributed by atoms with Gasteiger partial charge in [0.05, 0.1) is 0 Å². The van der Waals surface area contributed by atoms with Crippen LogP contribution in [0.15, 0.2) is 140 Å². The van der Waals surface area contributed by atoms with Crippen molar-refractivity contribution < 1.29 is 44.1 Å². The van der Waals surface area contributed by atoms with Crippen molar-refractivity contribution in [1.82, 2.24) is 0 Å². The zero-order valence-electron chi connectivity index (χ0n) is 59.6. The molecule has 0 aromatic rings. The first kappa shape index (κ1) is 81.5. The first-order chi connectivity index (χ1) is 40.1. The maximum atomic E-state index is 19.3. The Labute approximate surface area is 533 Å². The number of rotatable bonds is 31. The molecule has 6 N–H and O–H groups in total. The molecule has 1 aliphatic rings. The Hall–Kier alpha value is -3.50. The van der Waals surface area contributed by atoms with Crippen molar-refractivity contribution in [3.8, 4) is 0 Å². The van der Waals surface area contributed by atoms with Crippen LogP contribution >= 0.6 is 7.82 Å². The predicted octanol–water partition coefficient (Wildman–Crippen LogP) is 20.9. The summed E-state index contributed by atoms with van der Waals surface area (Å²) < 4.78 is 21.9. The SMILES string of the molecule is CCCC=CC1CCCCCCC[C@@](OP(=O)(O)O)([C@](O)(CC=C(C)C)[C@@](O)(CC=C(C)C)[C@@](O)(CC=C(C)C)C(O)(CC=C(C)C)CC=C(C)C)C(=O)C(CC=C(C)C)(CC=C(C)C)C(CC=C(C)C)(CC=C(C)C)C1(CC=C(C)C)CC=C(C)C. The Morgan fingerprint density at radius 3 is 1.21 bits per heavy atom. The summed E-state index contributed by atoms with van der Waals surface area (Å²) in [6, 6.07) is 0. The van der Waals surface area contributed by atoms with E-state index in [2.05, 4.69) is 111 Å². The molecule has 10 heteroatoms. The third-order valence-electron chi connectivity index (χ3n) is 18.6. The van der Waals surface area contributed by atoms with Gasteiger partial charge in [-0.15, -0.1) is 0 Å². The maximum Gasteiger partial charge on any atom is 0.470 e. The number of Topliss-reactive ketones (excluding diaryl/α,β-unsaturated/α-hetero) is 1. The van der Waals surface area contributed by atoms with Gasteiger partial charge >= 0.3 is 7.82 Å². The van der Waals surface area contributed by atoms with Gasteiger partial charge in [0.25, 0.3) is 0 Å². The number of phosphoric ester groups is 1. The van der Waals surface area contributed by atoms with E-state index in [4.69, 9.17) is 4.52 Å². The second kappa shape index (κ2) is 35.9. The van der Waals surface area contributed by atoms with Crippen molar-refractivity contribution >= 4 is 13.6 Å². The lowest BCUT2D eigenvalue weighted by molar-refractivity contribution is -0.327. The van der Waals surface area contributed by atoms with Crippen LogP contribution in [-0.2, 0) is 13.9 Å². The van der Waals surface area contributed by atoms with E-state index in [1.807, 2.05) is 109 Å². The zero-order valence-corrected chi connectivity index (χ0v) is 60.5. The molecule has 0 amide bonds. The average Bonchev–Trinajstić information content (AvgIpc) is 0.778. The molecule has 5 atom stereocenters. The number of carbonyl (C=O) groups is 1. The van der Waals surface area contributed by atoms with Gasteiger partial charge in [-0.3, -0.25) is 9.32 Å². The first-order valence-electron chi connectivity index (χ1n) is 33.0. The fourth-order valence-electron chi connectivity index (χ4n) is 13.5. The Kier molecular flexibility index (Phi) is 33.7. The highest BCUT2D eigenvalue weighted by Crippen LogP contribution is 2.71. The molecule has 0 saturated heterocycles. The fourth-order valence-corrected chi connectivity index (χ4v) is 14.2. The Morgan fingerprint density at radius 2 is 0.816 bits per heavy atom. The fraction of sp³-hybridized carbons (Fsp3) is 0.675. The molecule has 0 heterocycles. The molecule has 0 aromatic heterocycles. The molecule has 1 saturated carbocycles. The summed E-state index contributed by atoms with van der Waals surface area (Å²) in [5.74, 6) is -0.919. The molecular formula is C77H129O9P. The number of carbonyl (C=O) groups excluding carboxylic acids is 1. The summed E-state index contributed by atoms with van der Waals surface area (Å²) in [5, 5.41) is 60.0. The minimum absolute atomic E-state index is 0.0481. The van der Waals surface area contributed by atoms with Crippen LogP contribution in [0.4, 0.5) is 0 Å². The van der Waals surface area contributed by atoms with Gasteiger partial charge in [0, 0.05) is 24.7 Å². The number of unbranched alkanes of at least 4 members (excludes halogenated alkanes) is 1. The summed E-state index contributed by atoms with van der Waals surface area (Å²) in [5.41, 5.74) is -8.42. The summed E-state index contributed by atoms with van der Waals surface area (Å²) in [7, 11) is -5.99. The number of hydrogen-bond acceptors (Lipinski definition) is 7. The normalized spacial score (nSPS) is 20.1. The quantitative estimate of drug-likeness (QED) is 0.0293. The molecule has 0 bridgehead atoms. The van der Waals surface area contributed by atoms with Crippen molar-refractivity contribution in [3.05, 3.63) is 140 Å². The molecule has 87 heavy (non-hydrogen) atoms. The molecule has 0 aromatic carbocycles. The van der Waals surface area contributed by atoms with E-state index in [1.165, 1.54) is 0 Å². The van der Waals surface area contributed by atoms with Gasteiger partial charge in [-0.25, -0.2) is 4.57 Å². The molecule has 496 valence electrons. The van der Waals surface area contributed by atoms with Crippen molar-refractivity contribution in [2.45, 2.75) is 316 Å². The van der Waals surface area contributed by atoms with Crippen LogP contribution in [0.3, 0.4) is 0 Å². The standard InChI is InChI=1S/C77H129O9P/c1-24-25-29-32-68-33-30-27-26-28-31-45-74(86-87(83,84)85,76(81,55-43-66(20)21)77(82,56-44-67(22)23)75(80,54-42-65(18)19)73(79,52-40-63(14)15)53-41-64(16)17)69(78)71(48-36-59(6)7,49-37-60(8)9)72(50-38-61(10)11,51-39-62(12)13)70(68,46-34-57(2)3)47-35-58(4)5/h29,32,34-44,68,79-82H,24-28,30-31,33,45-56H2,1-23H3,(H2,83,84,85)/t68?,74-,75+,76+,77+/m0/s1. The molecular weight excluding hydrogens is 1100 g/mol. The lowest BCUT2D eigenvalue weighted by Crippen LogP contribution is -2.83. The van der Waals surface area contributed by atoms with E-state index in [0.717, 1.165) is 82.3 Å². The van der Waals surface area contributed by atoms with Gasteiger partial charge in [-0.2, -0.15) is 0 Å². The highest BCUT2D eigenvalue weighted by molar-refractivity contribution is 7.46. The van der Waals surface area contributed by atoms with Crippen LogP contribution in [0.1, 0.15) is 288 Å². The second-order valence-corrected chi connectivity index (χ2v) is 30.3. The second-order valence-electron chi connectivity index (χ2n) is 29.1. The number of phosphoric acid groups is 1. The summed E-state index contributed by atoms with van der Waals surface area (Å²) in [6.07, 6.45) is 31.8. The molecule has 0 aliphatic heterocycles. The van der Waals surface area contributed by atoms with Crippen LogP contribution in [0.5, 0.6) is 0 Å². The molecule has 1 unspecified atom stereocenters. The van der Waals surface area contributed by atoms with Crippen molar-refractivity contribution in [1.29, 1.82) is 0 Å². The summed E-state index contributed by atoms with van der Waals surface area (Å²) in [6.45, 7) is 45.6. The monoisotopic (exact) mass is 1230 g/mol. The summed E-state index contributed by atoms with van der Waals surface area (Å²) in [4.78, 5) is 43.7. The van der Waals surface area contributed by atoms with Crippen molar-refractivity contribution in [2.75, 3.05) is 0 Å². The molecule has 0 radical (unpaired) electrons. The van der Waals surface area contributed by atoms with Crippen LogP contribution in [0.25, 0.3) is 0 Å². The van der Waals surface area contributed by atoms with E-state index in [-0.39, 0.29) is 38.0 Å². The van der Waals surface area contributed by atoms with Gasteiger partial charge in [0.1, 0.15) is 22.4 Å². The largest absolute Gasteiger partial charge is 0.470 e. The van der Waals surface area contributed by atoms with Crippen LogP contribution in [0.2, 0.25) is 0 Å². The van der Waals surface area contributed by atoms with E-state index in [0.29, 0.717) is 49.7 Å². The predicted molar refractivity (Wildman–Crippen MR) is 372 cm³/mol. The molecule has 0 spiro atoms. The Morgan fingerprint density at radius 1 is 0.471 bits per heavy atom. The number of hydrogen-bond donors (Lipinski definition) is 6. The third kappa shape index (κ3) is 21.8. The summed E-state index contributed by atoms with van der Waals surface area (Å²) >= 11 is 0. The molecule has 1 rings (SSSR count). The Bertz CT molecular complexity index is 2550. The minimum atomic E-state index is -5.99. The Balaban J connectivity index is 6.39. The van der Waals surface area contributed by atoms with Crippen molar-refractivity contribution in [3.63, 3.8) is 0 Å². The van der Waals surface area contributed by atoms with Gasteiger partial charge in [0.2, 0.25) is 0 Å². The lowest BCUT2D eigenvalue weighted by atomic mass is 9.38. The first-order valence-corrected chi connectivity index (χ1v) is 34.5. The maximum absolute atomic E-state index is 19.3. The van der Waals surface area contributed by atoms with Gasteiger partial charge < -0.3 is 30.2 Å². The van der Waals surface area contributed by atoms with Crippen LogP contribution in [-0.4, -0.2) is 64.0 Å². The highest BCUT2D eigenvalue weighted by atomic mass is 31.2. The van der Waals surface area contributed by atoms with Gasteiger partial charge in [-0.05, 0) is 246 Å². The van der Waals surface area contributed by atoms with Crippen LogP contribution in [0, 0.1) is 22.2 Å². The van der Waals surface area contributed by atoms with E-state index < -0.39 is 83.5 Å². The minimum Gasteiger partial charge on any atom is -0.386 e. The zero-order chi connectivity index (χ0) is 67.0. The number of ketones is 1. The molecule has 1 fully saturated rings.